The van der Waals surface area contributed by atoms with Crippen LogP contribution in [0.15, 0.2) is 0 Å². The standard InChI is InChI=1S/C9H20N2O2S/c1-7(2)14(10,13)11-5-4-9(12)8(3)6-11/h7-10,12H,4-6H2,1-3H3. The number of rotatable bonds is 2. The molecule has 4 nitrogen and oxygen atoms in total. The summed E-state index contributed by atoms with van der Waals surface area (Å²) in [5.41, 5.74) is 0. The van der Waals surface area contributed by atoms with Crippen LogP contribution in [0, 0.1) is 10.7 Å². The Bertz CT molecular complexity index is 287. The van der Waals surface area contributed by atoms with E-state index in [4.69, 9.17) is 4.78 Å². The molecule has 2 N–H and O–H groups in total. The van der Waals surface area contributed by atoms with Crippen LogP contribution in [0.2, 0.25) is 0 Å². The highest BCUT2D eigenvalue weighted by Crippen LogP contribution is 2.21. The molecule has 1 fully saturated rings. The van der Waals surface area contributed by atoms with Gasteiger partial charge < -0.3 is 5.11 Å². The van der Waals surface area contributed by atoms with Gasteiger partial charge in [-0.25, -0.2) is 13.3 Å². The second-order valence-electron chi connectivity index (χ2n) is 4.34. The van der Waals surface area contributed by atoms with Crippen molar-refractivity contribution in [2.24, 2.45) is 5.92 Å². The zero-order chi connectivity index (χ0) is 10.9. The summed E-state index contributed by atoms with van der Waals surface area (Å²) in [6.07, 6.45) is 0.331. The van der Waals surface area contributed by atoms with Crippen LogP contribution in [0.4, 0.5) is 0 Å². The number of nitrogens with zero attached hydrogens (tertiary/aromatic N) is 1. The van der Waals surface area contributed by atoms with E-state index in [0.717, 1.165) is 0 Å². The van der Waals surface area contributed by atoms with E-state index in [-0.39, 0.29) is 17.3 Å². The fraction of sp³-hybridized carbons (Fsp3) is 1.00. The molecule has 14 heavy (non-hydrogen) atoms. The summed E-state index contributed by atoms with van der Waals surface area (Å²) < 4.78 is 21.5. The Morgan fingerprint density at radius 3 is 2.57 bits per heavy atom. The highest BCUT2D eigenvalue weighted by Gasteiger charge is 2.30. The van der Waals surface area contributed by atoms with E-state index in [1.807, 2.05) is 20.8 Å². The molecule has 3 atom stereocenters. The normalized spacial score (nSPS) is 34.4. The minimum atomic E-state index is -2.63. The topological polar surface area (TPSA) is 64.4 Å². The SMILES string of the molecule is CC1CN(S(=N)(=O)C(C)C)CCC1O. The van der Waals surface area contributed by atoms with Crippen molar-refractivity contribution in [1.29, 1.82) is 4.78 Å². The molecule has 0 bridgehead atoms. The third kappa shape index (κ3) is 2.27. The first kappa shape index (κ1) is 11.9. The molecular formula is C9H20N2O2S. The third-order valence-electron chi connectivity index (χ3n) is 2.85. The van der Waals surface area contributed by atoms with Gasteiger partial charge >= 0.3 is 0 Å². The summed E-state index contributed by atoms with van der Waals surface area (Å²) in [5, 5.41) is 9.37. The predicted octanol–water partition coefficient (Wildman–Crippen LogP) is 1.06. The Morgan fingerprint density at radius 2 is 2.14 bits per heavy atom. The lowest BCUT2D eigenvalue weighted by Gasteiger charge is -2.36. The van der Waals surface area contributed by atoms with Gasteiger partial charge in [-0.1, -0.05) is 6.92 Å². The van der Waals surface area contributed by atoms with Crippen LogP contribution in [-0.2, 0) is 9.92 Å². The zero-order valence-corrected chi connectivity index (χ0v) is 9.88. The smallest absolute Gasteiger partial charge is 0.110 e. The van der Waals surface area contributed by atoms with Crippen molar-refractivity contribution in [3.8, 4) is 0 Å². The fourth-order valence-electron chi connectivity index (χ4n) is 1.64. The Balaban J connectivity index is 2.73. The molecule has 1 saturated heterocycles. The van der Waals surface area contributed by atoms with Crippen LogP contribution in [0.1, 0.15) is 27.2 Å². The number of hydrogen-bond acceptors (Lipinski definition) is 3. The summed E-state index contributed by atoms with van der Waals surface area (Å²) >= 11 is 0. The number of aliphatic hydroxyl groups is 1. The molecule has 0 amide bonds. The number of hydrogen-bond donors (Lipinski definition) is 2. The van der Waals surface area contributed by atoms with Crippen LogP contribution in [0.3, 0.4) is 0 Å². The summed E-state index contributed by atoms with van der Waals surface area (Å²) in [4.78, 5) is 0. The molecule has 3 unspecified atom stereocenters. The molecule has 0 aromatic rings. The lowest BCUT2D eigenvalue weighted by molar-refractivity contribution is 0.0636. The highest BCUT2D eigenvalue weighted by atomic mass is 32.2. The van der Waals surface area contributed by atoms with E-state index in [0.29, 0.717) is 19.5 Å². The average molecular weight is 220 g/mol. The monoisotopic (exact) mass is 220 g/mol. The molecular weight excluding hydrogens is 200 g/mol. The molecule has 0 spiro atoms. The van der Waals surface area contributed by atoms with Crippen molar-refractivity contribution in [3.05, 3.63) is 0 Å². The lowest BCUT2D eigenvalue weighted by atomic mass is 9.99. The molecule has 1 heterocycles. The van der Waals surface area contributed by atoms with Crippen molar-refractivity contribution in [1.82, 2.24) is 4.31 Å². The predicted molar refractivity (Wildman–Crippen MR) is 57.4 cm³/mol. The number of nitrogens with one attached hydrogen (secondary N) is 1. The van der Waals surface area contributed by atoms with Gasteiger partial charge in [0.1, 0.15) is 9.92 Å². The van der Waals surface area contributed by atoms with Gasteiger partial charge in [0.2, 0.25) is 0 Å². The number of aliphatic hydroxyl groups excluding tert-OH is 1. The van der Waals surface area contributed by atoms with Gasteiger partial charge in [0.25, 0.3) is 0 Å². The first-order chi connectivity index (χ1) is 6.35. The van der Waals surface area contributed by atoms with Crippen LogP contribution < -0.4 is 0 Å². The highest BCUT2D eigenvalue weighted by molar-refractivity contribution is 7.90. The maximum atomic E-state index is 12.0. The van der Waals surface area contributed by atoms with Crippen LogP contribution in [0.25, 0.3) is 0 Å². The molecule has 0 aliphatic carbocycles. The molecule has 84 valence electrons. The molecule has 1 aliphatic heterocycles. The second kappa shape index (κ2) is 4.16. The van der Waals surface area contributed by atoms with Crippen molar-refractivity contribution in [3.63, 3.8) is 0 Å². The van der Waals surface area contributed by atoms with Gasteiger partial charge in [0.15, 0.2) is 0 Å². The Hall–Kier alpha value is -0.130. The van der Waals surface area contributed by atoms with E-state index in [2.05, 4.69) is 0 Å². The van der Waals surface area contributed by atoms with E-state index in [9.17, 15) is 9.32 Å². The first-order valence-corrected chi connectivity index (χ1v) is 6.64. The largest absolute Gasteiger partial charge is 0.393 e. The quantitative estimate of drug-likeness (QED) is 0.731. The third-order valence-corrected chi connectivity index (χ3v) is 5.22. The van der Waals surface area contributed by atoms with E-state index < -0.39 is 9.92 Å². The molecule has 1 rings (SSSR count). The average Bonchev–Trinajstić information content (AvgIpc) is 2.09. The van der Waals surface area contributed by atoms with Crippen molar-refractivity contribution < 1.29 is 9.32 Å². The summed E-state index contributed by atoms with van der Waals surface area (Å²) in [5.74, 6) is 0.119. The molecule has 0 radical (unpaired) electrons. The molecule has 1 aliphatic rings. The second-order valence-corrected chi connectivity index (χ2v) is 6.94. The van der Waals surface area contributed by atoms with Crippen LogP contribution in [-0.4, -0.2) is 38.1 Å². The fourth-order valence-corrected chi connectivity index (χ4v) is 3.07. The van der Waals surface area contributed by atoms with Gasteiger partial charge in [-0.2, -0.15) is 0 Å². The van der Waals surface area contributed by atoms with E-state index in [1.54, 1.807) is 4.31 Å². The van der Waals surface area contributed by atoms with E-state index >= 15 is 0 Å². The minimum absolute atomic E-state index is 0.119. The van der Waals surface area contributed by atoms with E-state index in [1.165, 1.54) is 0 Å². The van der Waals surface area contributed by atoms with Crippen molar-refractivity contribution in [2.75, 3.05) is 13.1 Å². The van der Waals surface area contributed by atoms with Crippen LogP contribution >= 0.6 is 0 Å². The summed E-state index contributed by atoms with van der Waals surface area (Å²) in [6.45, 7) is 6.70. The van der Waals surface area contributed by atoms with Gasteiger partial charge in [0, 0.05) is 13.1 Å². The molecule has 0 aromatic heterocycles. The minimum Gasteiger partial charge on any atom is -0.393 e. The Morgan fingerprint density at radius 1 is 1.57 bits per heavy atom. The molecule has 0 saturated carbocycles. The van der Waals surface area contributed by atoms with Crippen molar-refractivity contribution >= 4 is 9.92 Å². The Labute approximate surface area is 86.4 Å². The molecule has 5 heteroatoms. The van der Waals surface area contributed by atoms with Gasteiger partial charge in [-0.15, -0.1) is 0 Å². The first-order valence-electron chi connectivity index (χ1n) is 5.06. The number of piperidine rings is 1. The maximum absolute atomic E-state index is 12.0. The Kier molecular flexibility index (Phi) is 3.55. The van der Waals surface area contributed by atoms with Gasteiger partial charge in [0.05, 0.1) is 11.4 Å². The lowest BCUT2D eigenvalue weighted by Crippen LogP contribution is -2.46. The molecule has 0 aromatic carbocycles. The van der Waals surface area contributed by atoms with Crippen molar-refractivity contribution in [2.45, 2.75) is 38.5 Å². The van der Waals surface area contributed by atoms with Gasteiger partial charge in [-0.3, -0.25) is 0 Å². The van der Waals surface area contributed by atoms with Gasteiger partial charge in [-0.05, 0) is 26.2 Å². The zero-order valence-electron chi connectivity index (χ0n) is 9.06. The van der Waals surface area contributed by atoms with Crippen LogP contribution in [0.5, 0.6) is 0 Å². The maximum Gasteiger partial charge on any atom is 0.110 e. The summed E-state index contributed by atoms with van der Waals surface area (Å²) in [7, 11) is -2.63. The summed E-state index contributed by atoms with van der Waals surface area (Å²) in [6, 6.07) is 0.